The fourth-order valence-electron chi connectivity index (χ4n) is 5.05. The molecule has 2 heterocycles. The minimum Gasteiger partial charge on any atom is -0.384 e. The summed E-state index contributed by atoms with van der Waals surface area (Å²) in [6.45, 7) is 0. The number of anilines is 2. The SMILES string of the molecule is CN1c2ccc(Br)cc2N(C2CCCC2)C1C1(O)C(N)=Nc2ccc(Cl)cc21. The summed E-state index contributed by atoms with van der Waals surface area (Å²) in [5.41, 5.74) is 8.48. The number of likely N-dealkylation sites (N-methyl/N-ethyl adjacent to an activating group) is 1. The predicted octanol–water partition coefficient (Wildman–Crippen LogP) is 4.52. The second-order valence-corrected chi connectivity index (χ2v) is 9.24. The van der Waals surface area contributed by atoms with Crippen LogP contribution in [0.1, 0.15) is 31.2 Å². The van der Waals surface area contributed by atoms with Crippen LogP contribution in [-0.2, 0) is 5.60 Å². The molecule has 5 nitrogen and oxygen atoms in total. The Morgan fingerprint density at radius 3 is 2.68 bits per heavy atom. The summed E-state index contributed by atoms with van der Waals surface area (Å²) in [5, 5.41) is 12.6. The van der Waals surface area contributed by atoms with Crippen molar-refractivity contribution in [1.82, 2.24) is 0 Å². The van der Waals surface area contributed by atoms with Gasteiger partial charge in [0.2, 0.25) is 0 Å². The van der Waals surface area contributed by atoms with Gasteiger partial charge in [-0.3, -0.25) is 0 Å². The third-order valence-corrected chi connectivity index (χ3v) is 7.05. The Bertz CT molecular complexity index is 990. The number of fused-ring (bicyclic) bond motifs is 2. The summed E-state index contributed by atoms with van der Waals surface area (Å²) in [7, 11) is 2.01. The zero-order valence-corrected chi connectivity index (χ0v) is 17.9. The van der Waals surface area contributed by atoms with Crippen molar-refractivity contribution >= 4 is 50.4 Å². The Kier molecular flexibility index (Phi) is 4.16. The van der Waals surface area contributed by atoms with Crippen LogP contribution >= 0.6 is 27.5 Å². The summed E-state index contributed by atoms with van der Waals surface area (Å²) in [6.07, 6.45) is 4.22. The second kappa shape index (κ2) is 6.37. The molecule has 1 saturated carbocycles. The van der Waals surface area contributed by atoms with Crippen LogP contribution < -0.4 is 15.5 Å². The number of nitrogens with zero attached hydrogens (tertiary/aromatic N) is 3. The first-order valence-corrected chi connectivity index (χ1v) is 10.8. The van der Waals surface area contributed by atoms with Crippen molar-refractivity contribution in [1.29, 1.82) is 0 Å². The lowest BCUT2D eigenvalue weighted by atomic mass is 9.88. The Balaban J connectivity index is 1.70. The quantitative estimate of drug-likeness (QED) is 0.690. The fraction of sp³-hybridized carbons (Fsp3) is 0.381. The van der Waals surface area contributed by atoms with Crippen molar-refractivity contribution < 1.29 is 5.11 Å². The van der Waals surface area contributed by atoms with Crippen molar-refractivity contribution in [3.05, 3.63) is 51.5 Å². The van der Waals surface area contributed by atoms with Crippen LogP contribution in [0.25, 0.3) is 0 Å². The van der Waals surface area contributed by atoms with E-state index in [9.17, 15) is 5.11 Å². The third kappa shape index (κ3) is 2.44. The molecule has 2 aromatic rings. The van der Waals surface area contributed by atoms with Crippen LogP contribution in [0.2, 0.25) is 5.02 Å². The van der Waals surface area contributed by atoms with Crippen molar-refractivity contribution in [2.24, 2.45) is 10.7 Å². The molecule has 0 radical (unpaired) electrons. The summed E-state index contributed by atoms with van der Waals surface area (Å²) in [5.74, 6) is 0.219. The molecule has 0 bridgehead atoms. The van der Waals surface area contributed by atoms with Gasteiger partial charge in [-0.05, 0) is 49.2 Å². The number of amidine groups is 1. The number of hydrogen-bond acceptors (Lipinski definition) is 5. The molecule has 1 fully saturated rings. The minimum atomic E-state index is -1.44. The first-order valence-electron chi connectivity index (χ1n) is 9.59. The largest absolute Gasteiger partial charge is 0.384 e. The maximum Gasteiger partial charge on any atom is 0.188 e. The van der Waals surface area contributed by atoms with Gasteiger partial charge >= 0.3 is 0 Å². The van der Waals surface area contributed by atoms with Crippen molar-refractivity contribution in [3.63, 3.8) is 0 Å². The number of aliphatic imine (C=N–C) groups is 1. The molecular formula is C21H22BrClN4O. The molecule has 2 aromatic carbocycles. The number of nitrogens with two attached hydrogens (primary N) is 1. The zero-order valence-electron chi connectivity index (χ0n) is 15.6. The lowest BCUT2D eigenvalue weighted by Gasteiger charge is -2.43. The van der Waals surface area contributed by atoms with Crippen LogP contribution in [-0.4, -0.2) is 30.2 Å². The first-order chi connectivity index (χ1) is 13.4. The van der Waals surface area contributed by atoms with Gasteiger partial charge in [0.15, 0.2) is 5.60 Å². The Morgan fingerprint density at radius 2 is 1.93 bits per heavy atom. The summed E-state index contributed by atoms with van der Waals surface area (Å²) in [4.78, 5) is 8.97. The zero-order chi connectivity index (χ0) is 19.6. The van der Waals surface area contributed by atoms with Crippen LogP contribution in [0.3, 0.4) is 0 Å². The van der Waals surface area contributed by atoms with Gasteiger partial charge in [-0.15, -0.1) is 0 Å². The Morgan fingerprint density at radius 1 is 1.18 bits per heavy atom. The second-order valence-electron chi connectivity index (χ2n) is 7.89. The Hall–Kier alpha value is -1.76. The number of hydrogen-bond donors (Lipinski definition) is 2. The highest BCUT2D eigenvalue weighted by molar-refractivity contribution is 9.10. The molecule has 7 heteroatoms. The van der Waals surface area contributed by atoms with E-state index in [1.807, 2.05) is 19.2 Å². The number of rotatable bonds is 2. The molecule has 1 aliphatic carbocycles. The molecular weight excluding hydrogens is 440 g/mol. The molecule has 3 aliphatic rings. The molecule has 146 valence electrons. The molecule has 0 amide bonds. The molecule has 3 N–H and O–H groups in total. The molecule has 2 unspecified atom stereocenters. The number of aliphatic hydroxyl groups is 1. The van der Waals surface area contributed by atoms with Crippen LogP contribution in [0.5, 0.6) is 0 Å². The summed E-state index contributed by atoms with van der Waals surface area (Å²) >= 11 is 9.89. The third-order valence-electron chi connectivity index (χ3n) is 6.32. The van der Waals surface area contributed by atoms with Crippen LogP contribution in [0.4, 0.5) is 17.1 Å². The van der Waals surface area contributed by atoms with Gasteiger partial charge in [0, 0.05) is 28.1 Å². The van der Waals surface area contributed by atoms with E-state index in [2.05, 4.69) is 42.9 Å². The lowest BCUT2D eigenvalue weighted by Crippen LogP contribution is -2.62. The van der Waals surface area contributed by atoms with E-state index in [0.717, 1.165) is 28.7 Å². The van der Waals surface area contributed by atoms with E-state index in [1.54, 1.807) is 12.1 Å². The van der Waals surface area contributed by atoms with Gasteiger partial charge < -0.3 is 20.6 Å². The minimum absolute atomic E-state index is 0.219. The van der Waals surface area contributed by atoms with Gasteiger partial charge in [0.05, 0.1) is 17.1 Å². The van der Waals surface area contributed by atoms with E-state index in [-0.39, 0.29) is 12.0 Å². The molecule has 5 rings (SSSR count). The van der Waals surface area contributed by atoms with Gasteiger partial charge in [0.25, 0.3) is 0 Å². The molecule has 28 heavy (non-hydrogen) atoms. The average molecular weight is 462 g/mol. The van der Waals surface area contributed by atoms with E-state index < -0.39 is 5.60 Å². The van der Waals surface area contributed by atoms with Gasteiger partial charge in [-0.2, -0.15) is 0 Å². The average Bonchev–Trinajstić information content (AvgIpc) is 3.34. The lowest BCUT2D eigenvalue weighted by molar-refractivity contribution is 0.0795. The topological polar surface area (TPSA) is 65.1 Å². The monoisotopic (exact) mass is 460 g/mol. The van der Waals surface area contributed by atoms with E-state index in [1.165, 1.54) is 12.8 Å². The fourth-order valence-corrected chi connectivity index (χ4v) is 5.57. The number of benzene rings is 2. The summed E-state index contributed by atoms with van der Waals surface area (Å²) in [6, 6.07) is 12.0. The molecule has 0 spiro atoms. The summed E-state index contributed by atoms with van der Waals surface area (Å²) < 4.78 is 1.02. The van der Waals surface area contributed by atoms with E-state index in [0.29, 0.717) is 22.3 Å². The molecule has 2 aliphatic heterocycles. The maximum atomic E-state index is 12.1. The smallest absolute Gasteiger partial charge is 0.188 e. The van der Waals surface area contributed by atoms with Crippen LogP contribution in [0.15, 0.2) is 45.9 Å². The Labute approximate surface area is 177 Å². The van der Waals surface area contributed by atoms with E-state index in [4.69, 9.17) is 17.3 Å². The van der Waals surface area contributed by atoms with Gasteiger partial charge in [-0.25, -0.2) is 4.99 Å². The molecule has 0 aromatic heterocycles. The predicted molar refractivity (Wildman–Crippen MR) is 118 cm³/mol. The van der Waals surface area contributed by atoms with Gasteiger partial charge in [0.1, 0.15) is 12.0 Å². The van der Waals surface area contributed by atoms with Crippen molar-refractivity contribution in [2.75, 3.05) is 16.8 Å². The maximum absolute atomic E-state index is 12.1. The standard InChI is InChI=1S/C21H22BrClN4O/c1-26-17-9-6-12(22)10-18(17)27(14-4-2-3-5-14)20(26)21(28)15-11-13(23)7-8-16(15)25-19(21)24/h6-11,14,20,28H,2-5H2,1H3,(H2,24,25). The number of halogens is 2. The van der Waals surface area contributed by atoms with Crippen LogP contribution in [0, 0.1) is 0 Å². The first kappa shape index (κ1) is 18.3. The highest BCUT2D eigenvalue weighted by atomic mass is 79.9. The van der Waals surface area contributed by atoms with Gasteiger partial charge in [-0.1, -0.05) is 40.4 Å². The molecule has 2 atom stereocenters. The van der Waals surface area contributed by atoms with Crippen molar-refractivity contribution in [2.45, 2.75) is 43.5 Å². The highest BCUT2D eigenvalue weighted by Crippen LogP contribution is 2.52. The molecule has 0 saturated heterocycles. The highest BCUT2D eigenvalue weighted by Gasteiger charge is 2.56. The van der Waals surface area contributed by atoms with Crippen molar-refractivity contribution in [3.8, 4) is 0 Å². The van der Waals surface area contributed by atoms with E-state index >= 15 is 0 Å². The normalized spacial score (nSPS) is 26.6.